The van der Waals surface area contributed by atoms with Gasteiger partial charge >= 0.3 is 0 Å². The van der Waals surface area contributed by atoms with Crippen LogP contribution < -0.4 is 9.64 Å². The summed E-state index contributed by atoms with van der Waals surface area (Å²) in [5.74, 6) is 0.874. The molecule has 0 aliphatic heterocycles. The molecule has 0 atom stereocenters. The molecule has 0 saturated heterocycles. The van der Waals surface area contributed by atoms with Crippen LogP contribution in [-0.2, 0) is 6.61 Å². The second-order valence-corrected chi connectivity index (χ2v) is 4.09. The third-order valence-corrected chi connectivity index (χ3v) is 2.52. The minimum absolute atomic E-state index is 0.589. The van der Waals surface area contributed by atoms with Gasteiger partial charge < -0.3 is 9.64 Å². The molecule has 2 heteroatoms. The van der Waals surface area contributed by atoms with E-state index in [2.05, 4.69) is 29.2 Å². The lowest BCUT2D eigenvalue weighted by Gasteiger charge is -2.13. The van der Waals surface area contributed by atoms with Gasteiger partial charge in [-0.05, 0) is 35.9 Å². The number of ether oxygens (including phenoxy) is 1. The first-order valence-corrected chi connectivity index (χ1v) is 5.61. The van der Waals surface area contributed by atoms with Crippen molar-refractivity contribution in [2.24, 2.45) is 0 Å². The number of hydrogen-bond acceptors (Lipinski definition) is 2. The van der Waals surface area contributed by atoms with Gasteiger partial charge in [0, 0.05) is 19.8 Å². The molecule has 2 aromatic carbocycles. The standard InChI is InChI=1S/C15H16NO/c1-16(2)14-8-6-7-13(11-14)12-17-15-9-4-3-5-10-15/h4-11H,12H2,1-2H3. The van der Waals surface area contributed by atoms with Gasteiger partial charge in [0.1, 0.15) is 12.4 Å². The molecule has 0 spiro atoms. The fourth-order valence-electron chi connectivity index (χ4n) is 1.56. The van der Waals surface area contributed by atoms with Crippen molar-refractivity contribution in [2.75, 3.05) is 19.0 Å². The van der Waals surface area contributed by atoms with Gasteiger partial charge in [-0.15, -0.1) is 0 Å². The zero-order chi connectivity index (χ0) is 12.1. The first-order valence-electron chi connectivity index (χ1n) is 5.61. The van der Waals surface area contributed by atoms with Crippen molar-refractivity contribution >= 4 is 5.69 Å². The van der Waals surface area contributed by atoms with E-state index in [9.17, 15) is 0 Å². The van der Waals surface area contributed by atoms with E-state index in [0.717, 1.165) is 5.75 Å². The molecule has 2 aromatic rings. The molecular formula is C15H16NO. The Morgan fingerprint density at radius 1 is 1.12 bits per heavy atom. The maximum atomic E-state index is 5.69. The summed E-state index contributed by atoms with van der Waals surface area (Å²) < 4.78 is 5.69. The molecule has 0 aliphatic carbocycles. The van der Waals surface area contributed by atoms with Gasteiger partial charge in [-0.3, -0.25) is 0 Å². The Morgan fingerprint density at radius 3 is 2.59 bits per heavy atom. The summed E-state index contributed by atoms with van der Waals surface area (Å²) in [5.41, 5.74) is 2.36. The molecule has 0 heterocycles. The molecule has 2 rings (SSSR count). The Labute approximate surface area is 102 Å². The Balaban J connectivity index is 2.02. The Bertz CT molecular complexity index is 465. The van der Waals surface area contributed by atoms with Crippen LogP contribution in [0.3, 0.4) is 0 Å². The molecule has 0 amide bonds. The summed E-state index contributed by atoms with van der Waals surface area (Å²) in [4.78, 5) is 2.08. The molecule has 0 aliphatic rings. The summed E-state index contributed by atoms with van der Waals surface area (Å²) in [7, 11) is 4.07. The summed E-state index contributed by atoms with van der Waals surface area (Å²) in [5, 5.41) is 0. The van der Waals surface area contributed by atoms with Crippen molar-refractivity contribution in [3.63, 3.8) is 0 Å². The minimum Gasteiger partial charge on any atom is -0.489 e. The van der Waals surface area contributed by atoms with Crippen molar-refractivity contribution in [3.05, 3.63) is 60.2 Å². The SMILES string of the molecule is CN(C)c1cccc(COc2cc[c]cc2)c1. The predicted octanol–water partition coefficient (Wildman–Crippen LogP) is 3.13. The molecule has 0 unspecified atom stereocenters. The lowest BCUT2D eigenvalue weighted by atomic mass is 10.2. The first-order chi connectivity index (χ1) is 8.25. The van der Waals surface area contributed by atoms with Crippen LogP contribution in [0.25, 0.3) is 0 Å². The van der Waals surface area contributed by atoms with Gasteiger partial charge in [0.2, 0.25) is 0 Å². The molecule has 0 saturated carbocycles. The average Bonchev–Trinajstić information content (AvgIpc) is 2.38. The Kier molecular flexibility index (Phi) is 3.66. The fourth-order valence-corrected chi connectivity index (χ4v) is 1.56. The molecule has 2 nitrogen and oxygen atoms in total. The first kappa shape index (κ1) is 11.5. The van der Waals surface area contributed by atoms with E-state index < -0.39 is 0 Å². The molecule has 17 heavy (non-hydrogen) atoms. The van der Waals surface area contributed by atoms with Gasteiger partial charge in [-0.25, -0.2) is 0 Å². The van der Waals surface area contributed by atoms with E-state index >= 15 is 0 Å². The monoisotopic (exact) mass is 226 g/mol. The number of anilines is 1. The van der Waals surface area contributed by atoms with E-state index in [0.29, 0.717) is 6.61 Å². The highest BCUT2D eigenvalue weighted by atomic mass is 16.5. The number of benzene rings is 2. The van der Waals surface area contributed by atoms with Gasteiger partial charge in [-0.1, -0.05) is 24.3 Å². The maximum absolute atomic E-state index is 5.69. The lowest BCUT2D eigenvalue weighted by molar-refractivity contribution is 0.306. The fraction of sp³-hybridized carbons (Fsp3) is 0.200. The minimum atomic E-state index is 0.589. The number of hydrogen-bond donors (Lipinski definition) is 0. The van der Waals surface area contributed by atoms with Crippen LogP contribution >= 0.6 is 0 Å². The largest absolute Gasteiger partial charge is 0.489 e. The van der Waals surface area contributed by atoms with E-state index in [4.69, 9.17) is 4.74 Å². The van der Waals surface area contributed by atoms with Crippen LogP contribution in [0.4, 0.5) is 5.69 Å². The van der Waals surface area contributed by atoms with Crippen LogP contribution in [-0.4, -0.2) is 14.1 Å². The molecule has 0 fully saturated rings. The normalized spacial score (nSPS) is 10.0. The third-order valence-electron chi connectivity index (χ3n) is 2.52. The van der Waals surface area contributed by atoms with Crippen LogP contribution in [0.5, 0.6) is 5.75 Å². The molecule has 0 bridgehead atoms. The highest BCUT2D eigenvalue weighted by molar-refractivity contribution is 5.47. The van der Waals surface area contributed by atoms with Crippen molar-refractivity contribution in [3.8, 4) is 5.75 Å². The highest BCUT2D eigenvalue weighted by Crippen LogP contribution is 2.16. The average molecular weight is 226 g/mol. The van der Waals surface area contributed by atoms with Gasteiger partial charge in [0.25, 0.3) is 0 Å². The topological polar surface area (TPSA) is 12.5 Å². The quantitative estimate of drug-likeness (QED) is 0.794. The van der Waals surface area contributed by atoms with Crippen LogP contribution in [0.1, 0.15) is 5.56 Å². The highest BCUT2D eigenvalue weighted by Gasteiger charge is 1.98. The smallest absolute Gasteiger partial charge is 0.119 e. The molecule has 87 valence electrons. The van der Waals surface area contributed by atoms with Gasteiger partial charge in [0.15, 0.2) is 0 Å². The summed E-state index contributed by atoms with van der Waals surface area (Å²) in [6.07, 6.45) is 0. The Hall–Kier alpha value is -1.96. The van der Waals surface area contributed by atoms with E-state index in [1.54, 1.807) is 0 Å². The lowest BCUT2D eigenvalue weighted by Crippen LogP contribution is -2.09. The van der Waals surface area contributed by atoms with Crippen LogP contribution in [0.15, 0.2) is 48.5 Å². The molecule has 0 aromatic heterocycles. The van der Waals surface area contributed by atoms with Crippen LogP contribution in [0, 0.1) is 6.07 Å². The van der Waals surface area contributed by atoms with E-state index in [-0.39, 0.29) is 0 Å². The Morgan fingerprint density at radius 2 is 1.88 bits per heavy atom. The molecule has 1 radical (unpaired) electrons. The second kappa shape index (κ2) is 5.39. The van der Waals surface area contributed by atoms with Crippen molar-refractivity contribution in [2.45, 2.75) is 6.61 Å². The van der Waals surface area contributed by atoms with Crippen LogP contribution in [0.2, 0.25) is 0 Å². The second-order valence-electron chi connectivity index (χ2n) is 4.09. The summed E-state index contributed by atoms with van der Waals surface area (Å²) >= 11 is 0. The summed E-state index contributed by atoms with van der Waals surface area (Å²) in [6.45, 7) is 0.589. The van der Waals surface area contributed by atoms with Crippen molar-refractivity contribution in [1.29, 1.82) is 0 Å². The van der Waals surface area contributed by atoms with E-state index in [1.165, 1.54) is 11.3 Å². The number of nitrogens with zero attached hydrogens (tertiary/aromatic N) is 1. The zero-order valence-electron chi connectivity index (χ0n) is 10.2. The van der Waals surface area contributed by atoms with Crippen molar-refractivity contribution < 1.29 is 4.74 Å². The maximum Gasteiger partial charge on any atom is 0.119 e. The van der Waals surface area contributed by atoms with E-state index in [1.807, 2.05) is 44.4 Å². The van der Waals surface area contributed by atoms with Crippen molar-refractivity contribution in [1.82, 2.24) is 0 Å². The van der Waals surface area contributed by atoms with Gasteiger partial charge in [-0.2, -0.15) is 0 Å². The summed E-state index contributed by atoms with van der Waals surface area (Å²) in [6, 6.07) is 18.8. The predicted molar refractivity (Wildman–Crippen MR) is 70.4 cm³/mol. The number of rotatable bonds is 4. The molecule has 0 N–H and O–H groups in total. The third kappa shape index (κ3) is 3.25. The van der Waals surface area contributed by atoms with Gasteiger partial charge in [0.05, 0.1) is 0 Å². The zero-order valence-corrected chi connectivity index (χ0v) is 10.2. The molecular weight excluding hydrogens is 210 g/mol.